The second-order valence-electron chi connectivity index (χ2n) is 14.4. The van der Waals surface area contributed by atoms with Crippen LogP contribution in [0.4, 0.5) is 0 Å². The second-order valence-corrected chi connectivity index (χ2v) is 14.4. The van der Waals surface area contributed by atoms with Gasteiger partial charge in [0.2, 0.25) is 0 Å². The lowest BCUT2D eigenvalue weighted by atomic mass is 9.94. The summed E-state index contributed by atoms with van der Waals surface area (Å²) in [7, 11) is 0. The van der Waals surface area contributed by atoms with Gasteiger partial charge in [-0.1, -0.05) is 126 Å². The van der Waals surface area contributed by atoms with Crippen molar-refractivity contribution in [3.05, 3.63) is 109 Å². The first kappa shape index (κ1) is 33.9. The maximum atomic E-state index is 6.07. The molecule has 7 nitrogen and oxygen atoms in total. The molecule has 0 aliphatic heterocycles. The van der Waals surface area contributed by atoms with Gasteiger partial charge in [0.05, 0.1) is 31.1 Å². The van der Waals surface area contributed by atoms with Gasteiger partial charge in [-0.25, -0.2) is 9.97 Å². The van der Waals surface area contributed by atoms with Crippen molar-refractivity contribution in [3.63, 3.8) is 0 Å². The molecule has 0 bridgehead atoms. The third kappa shape index (κ3) is 7.34. The molecule has 0 saturated carbocycles. The molecule has 0 spiro atoms. The summed E-state index contributed by atoms with van der Waals surface area (Å²) in [5.41, 5.74) is 10.5. The van der Waals surface area contributed by atoms with Gasteiger partial charge in [0, 0.05) is 22.3 Å². The van der Waals surface area contributed by atoms with Crippen LogP contribution < -0.4 is 9.47 Å². The molecule has 0 atom stereocenters. The molecule has 0 N–H and O–H groups in total. The van der Waals surface area contributed by atoms with Crippen molar-refractivity contribution in [3.8, 4) is 56.3 Å². The average Bonchev–Trinajstić information content (AvgIpc) is 3.54. The number of hydrogen-bond acceptors (Lipinski definition) is 6. The smallest absolute Gasteiger partial charge is 0.124 e. The van der Waals surface area contributed by atoms with Gasteiger partial charge in [-0.2, -0.15) is 15.0 Å². The summed E-state index contributed by atoms with van der Waals surface area (Å²) in [6, 6.07) is 37.1. The Bertz CT molecular complexity index is 2090. The minimum Gasteiger partial charge on any atom is -0.493 e. The Balaban J connectivity index is 1.56. The zero-order valence-electron chi connectivity index (χ0n) is 30.3. The SMILES string of the molecule is CC(C)COc1ccc(-c2c3nc(-c4ccccc4)c(-c4ccccc4)nc3c(-c3ccc(OCC(C)C)cc3)c3nn(CC(C)C)nc23)cc1. The number of rotatable bonds is 12. The molecule has 0 unspecified atom stereocenters. The Morgan fingerprint density at radius 1 is 0.451 bits per heavy atom. The van der Waals surface area contributed by atoms with Gasteiger partial charge in [0.15, 0.2) is 0 Å². The maximum Gasteiger partial charge on any atom is 0.124 e. The van der Waals surface area contributed by atoms with Crippen LogP contribution in [0.1, 0.15) is 41.5 Å². The third-order valence-corrected chi connectivity index (χ3v) is 8.57. The first-order chi connectivity index (χ1) is 24.7. The molecule has 0 aliphatic rings. The summed E-state index contributed by atoms with van der Waals surface area (Å²) < 4.78 is 12.1. The Kier molecular flexibility index (Phi) is 9.80. The normalized spacial score (nSPS) is 11.7. The van der Waals surface area contributed by atoms with Crippen molar-refractivity contribution in [2.45, 2.75) is 48.1 Å². The summed E-state index contributed by atoms with van der Waals surface area (Å²) in [6.07, 6.45) is 0. The molecule has 2 aromatic heterocycles. The van der Waals surface area contributed by atoms with Crippen LogP contribution in [0.3, 0.4) is 0 Å². The minimum absolute atomic E-state index is 0.355. The highest BCUT2D eigenvalue weighted by Gasteiger charge is 2.26. The molecule has 258 valence electrons. The van der Waals surface area contributed by atoms with E-state index in [1.54, 1.807) is 0 Å². The van der Waals surface area contributed by atoms with Crippen molar-refractivity contribution >= 4 is 22.1 Å². The molecule has 5 aromatic carbocycles. The van der Waals surface area contributed by atoms with Gasteiger partial charge < -0.3 is 9.47 Å². The molecule has 7 heteroatoms. The van der Waals surface area contributed by atoms with Crippen LogP contribution in [0.2, 0.25) is 0 Å². The lowest BCUT2D eigenvalue weighted by Gasteiger charge is -2.17. The quantitative estimate of drug-likeness (QED) is 0.128. The van der Waals surface area contributed by atoms with Gasteiger partial charge >= 0.3 is 0 Å². The van der Waals surface area contributed by atoms with Crippen molar-refractivity contribution in [2.75, 3.05) is 13.2 Å². The Morgan fingerprint density at radius 2 is 0.843 bits per heavy atom. The number of ether oxygens (including phenoxy) is 2. The average molecular weight is 676 g/mol. The van der Waals surface area contributed by atoms with Crippen LogP contribution in [0, 0.1) is 17.8 Å². The summed E-state index contributed by atoms with van der Waals surface area (Å²) in [4.78, 5) is 12.9. The van der Waals surface area contributed by atoms with E-state index in [1.165, 1.54) is 0 Å². The van der Waals surface area contributed by atoms with Crippen LogP contribution in [0.15, 0.2) is 109 Å². The highest BCUT2D eigenvalue weighted by Crippen LogP contribution is 2.44. The van der Waals surface area contributed by atoms with Crippen molar-refractivity contribution in [2.24, 2.45) is 17.8 Å². The van der Waals surface area contributed by atoms with Crippen LogP contribution in [0.25, 0.3) is 66.8 Å². The van der Waals surface area contributed by atoms with Gasteiger partial charge in [-0.05, 0) is 53.1 Å². The van der Waals surface area contributed by atoms with Crippen molar-refractivity contribution < 1.29 is 9.47 Å². The third-order valence-electron chi connectivity index (χ3n) is 8.57. The number of fused-ring (bicyclic) bond motifs is 2. The number of aromatic nitrogens is 5. The van der Waals surface area contributed by atoms with Crippen molar-refractivity contribution in [1.82, 2.24) is 25.0 Å². The number of nitrogens with zero attached hydrogens (tertiary/aromatic N) is 5. The largest absolute Gasteiger partial charge is 0.493 e. The van der Waals surface area contributed by atoms with Crippen LogP contribution in [0.5, 0.6) is 11.5 Å². The van der Waals surface area contributed by atoms with Crippen molar-refractivity contribution in [1.29, 1.82) is 0 Å². The van der Waals surface area contributed by atoms with Gasteiger partial charge in [-0.3, -0.25) is 0 Å². The van der Waals surface area contributed by atoms with E-state index in [4.69, 9.17) is 29.6 Å². The van der Waals surface area contributed by atoms with Crippen LogP contribution in [-0.4, -0.2) is 38.2 Å². The molecule has 0 amide bonds. The van der Waals surface area contributed by atoms with E-state index in [1.807, 2.05) is 65.5 Å². The van der Waals surface area contributed by atoms with Crippen LogP contribution >= 0.6 is 0 Å². The van der Waals surface area contributed by atoms with Gasteiger partial charge in [0.1, 0.15) is 33.6 Å². The fourth-order valence-corrected chi connectivity index (χ4v) is 6.20. The monoisotopic (exact) mass is 675 g/mol. The fourth-order valence-electron chi connectivity index (χ4n) is 6.20. The topological polar surface area (TPSA) is 75.0 Å². The Morgan fingerprint density at radius 3 is 1.20 bits per heavy atom. The Labute approximate surface area is 300 Å². The van der Waals surface area contributed by atoms with E-state index < -0.39 is 0 Å². The summed E-state index contributed by atoms with van der Waals surface area (Å²) >= 11 is 0. The first-order valence-electron chi connectivity index (χ1n) is 17.9. The summed E-state index contributed by atoms with van der Waals surface area (Å²) in [6.45, 7) is 14.9. The fraction of sp³-hybridized carbons (Fsp3) is 0.273. The standard InChI is InChI=1S/C44H45N5O2/c1-28(2)25-49-47-43-37(31-17-21-35(22-18-31)50-26-29(3)4)41-42(38(44(43)48-49)32-19-23-36(24-20-32)51-27-30(5)6)46-40(34-15-11-8-12-16-34)39(45-41)33-13-9-7-10-14-33/h7-24,28-30H,25-27H2,1-6H3. The molecule has 0 radical (unpaired) electrons. The van der Waals surface area contributed by atoms with Gasteiger partial charge in [-0.15, -0.1) is 0 Å². The molecule has 2 heterocycles. The molecule has 0 aliphatic carbocycles. The van der Waals surface area contributed by atoms with E-state index in [9.17, 15) is 0 Å². The zero-order chi connectivity index (χ0) is 35.5. The molecular formula is C44H45N5O2. The van der Waals surface area contributed by atoms with Crippen LogP contribution in [-0.2, 0) is 6.54 Å². The van der Waals surface area contributed by atoms with E-state index >= 15 is 0 Å². The molecule has 7 aromatic rings. The first-order valence-corrected chi connectivity index (χ1v) is 17.9. The lowest BCUT2D eigenvalue weighted by Crippen LogP contribution is -2.07. The lowest BCUT2D eigenvalue weighted by molar-refractivity contribution is 0.271. The minimum atomic E-state index is 0.355. The van der Waals surface area contributed by atoms with E-state index in [0.717, 1.165) is 78.3 Å². The predicted molar refractivity (Wildman–Crippen MR) is 208 cm³/mol. The van der Waals surface area contributed by atoms with Gasteiger partial charge in [0.25, 0.3) is 0 Å². The predicted octanol–water partition coefficient (Wildman–Crippen LogP) is 10.8. The Hall–Kier alpha value is -5.56. The number of hydrogen-bond donors (Lipinski definition) is 0. The summed E-state index contributed by atoms with van der Waals surface area (Å²) in [5, 5.41) is 10.4. The van der Waals surface area contributed by atoms with E-state index in [0.29, 0.717) is 37.5 Å². The summed E-state index contributed by atoms with van der Waals surface area (Å²) in [5.74, 6) is 2.87. The molecular weight excluding hydrogens is 631 g/mol. The zero-order valence-corrected chi connectivity index (χ0v) is 30.3. The highest BCUT2D eigenvalue weighted by molar-refractivity contribution is 6.17. The number of benzene rings is 5. The second kappa shape index (κ2) is 14.7. The molecule has 0 saturated heterocycles. The highest BCUT2D eigenvalue weighted by atomic mass is 16.5. The maximum absolute atomic E-state index is 6.07. The van der Waals surface area contributed by atoms with E-state index in [2.05, 4.69) is 90.1 Å². The molecule has 7 rings (SSSR count). The van der Waals surface area contributed by atoms with E-state index in [-0.39, 0.29) is 0 Å². The molecule has 0 fully saturated rings. The molecule has 51 heavy (non-hydrogen) atoms.